The maximum Gasteiger partial charge on any atom is 0.259 e. The average molecular weight is 263 g/mol. The number of hydrogen-bond acceptors (Lipinski definition) is 3. The van der Waals surface area contributed by atoms with Crippen molar-refractivity contribution in [2.75, 3.05) is 33.7 Å². The second-order valence-electron chi connectivity index (χ2n) is 5.35. The van der Waals surface area contributed by atoms with Crippen LogP contribution >= 0.6 is 0 Å². The lowest BCUT2D eigenvalue weighted by Gasteiger charge is -2.31. The molecule has 1 N–H and O–H groups in total. The number of amides is 1. The highest BCUT2D eigenvalue weighted by molar-refractivity contribution is 5.93. The van der Waals surface area contributed by atoms with Gasteiger partial charge in [-0.15, -0.1) is 0 Å². The van der Waals surface area contributed by atoms with Gasteiger partial charge in [-0.1, -0.05) is 0 Å². The summed E-state index contributed by atoms with van der Waals surface area (Å²) in [6, 6.07) is 1.39. The Labute approximate surface area is 113 Å². The lowest BCUT2D eigenvalue weighted by molar-refractivity contribution is 0.0745. The quantitative estimate of drug-likeness (QED) is 0.877. The van der Waals surface area contributed by atoms with Crippen molar-refractivity contribution in [3.63, 3.8) is 0 Å². The molecule has 0 bridgehead atoms. The van der Waals surface area contributed by atoms with Gasteiger partial charge in [-0.2, -0.15) is 0 Å². The summed E-state index contributed by atoms with van der Waals surface area (Å²) in [4.78, 5) is 30.6. The minimum absolute atomic E-state index is 0.194. The van der Waals surface area contributed by atoms with Crippen molar-refractivity contribution < 1.29 is 4.79 Å². The van der Waals surface area contributed by atoms with Crippen LogP contribution in [0.25, 0.3) is 0 Å². The zero-order valence-corrected chi connectivity index (χ0v) is 11.6. The van der Waals surface area contributed by atoms with Crippen LogP contribution in [0.3, 0.4) is 0 Å². The van der Waals surface area contributed by atoms with Gasteiger partial charge in [0.2, 0.25) is 0 Å². The smallest absolute Gasteiger partial charge is 0.259 e. The van der Waals surface area contributed by atoms with Gasteiger partial charge in [-0.25, -0.2) is 0 Å². The number of rotatable bonds is 3. The number of nitrogens with one attached hydrogen (secondary N) is 1. The summed E-state index contributed by atoms with van der Waals surface area (Å²) in [5.41, 5.74) is -0.00287. The second-order valence-corrected chi connectivity index (χ2v) is 5.35. The largest absolute Gasteiger partial charge is 0.367 e. The molecule has 1 amide bonds. The summed E-state index contributed by atoms with van der Waals surface area (Å²) in [7, 11) is 3.89. The maximum absolute atomic E-state index is 12.2. The number of H-pyrrole nitrogens is 1. The van der Waals surface area contributed by atoms with E-state index in [1.165, 1.54) is 18.5 Å². The monoisotopic (exact) mass is 263 g/mol. The number of hydrogen-bond donors (Lipinski definition) is 1. The molecule has 0 radical (unpaired) electrons. The van der Waals surface area contributed by atoms with Crippen molar-refractivity contribution in [3.8, 4) is 0 Å². The van der Waals surface area contributed by atoms with Crippen LogP contribution in [-0.2, 0) is 0 Å². The standard InChI is InChI=1S/C14H21N3O2/c1-16-7-4-11(5-8-16)10-17(2)14(19)12-9-15-6-3-13(12)18/h3,6,9,11H,4-5,7-8,10H2,1-2H3,(H,15,18). The maximum atomic E-state index is 12.2. The van der Waals surface area contributed by atoms with E-state index in [0.717, 1.165) is 32.5 Å². The van der Waals surface area contributed by atoms with Gasteiger partial charge in [0, 0.05) is 32.1 Å². The van der Waals surface area contributed by atoms with E-state index in [1.54, 1.807) is 11.9 Å². The Morgan fingerprint density at radius 3 is 2.79 bits per heavy atom. The van der Waals surface area contributed by atoms with Gasteiger partial charge >= 0.3 is 0 Å². The van der Waals surface area contributed by atoms with Gasteiger partial charge in [-0.3, -0.25) is 9.59 Å². The summed E-state index contributed by atoms with van der Waals surface area (Å²) in [5, 5.41) is 0. The summed E-state index contributed by atoms with van der Waals surface area (Å²) in [5.74, 6) is 0.341. The topological polar surface area (TPSA) is 56.4 Å². The Morgan fingerprint density at radius 1 is 1.47 bits per heavy atom. The normalized spacial score (nSPS) is 17.4. The van der Waals surface area contributed by atoms with Gasteiger partial charge in [0.25, 0.3) is 5.91 Å². The first kappa shape index (κ1) is 13.8. The van der Waals surface area contributed by atoms with Crippen molar-refractivity contribution in [2.24, 2.45) is 5.92 Å². The van der Waals surface area contributed by atoms with Crippen LogP contribution in [0.4, 0.5) is 0 Å². The molecular weight excluding hydrogens is 242 g/mol. The molecule has 104 valence electrons. The van der Waals surface area contributed by atoms with E-state index in [-0.39, 0.29) is 16.9 Å². The zero-order valence-electron chi connectivity index (χ0n) is 11.6. The van der Waals surface area contributed by atoms with E-state index >= 15 is 0 Å². The molecule has 2 rings (SSSR count). The highest BCUT2D eigenvalue weighted by Gasteiger charge is 2.21. The molecule has 0 aromatic carbocycles. The molecular formula is C14H21N3O2. The fraction of sp³-hybridized carbons (Fsp3) is 0.571. The zero-order chi connectivity index (χ0) is 13.8. The number of nitrogens with zero attached hydrogens (tertiary/aromatic N) is 2. The van der Waals surface area contributed by atoms with Crippen LogP contribution in [0.2, 0.25) is 0 Å². The number of piperidine rings is 1. The molecule has 1 fully saturated rings. The average Bonchev–Trinajstić information content (AvgIpc) is 2.41. The van der Waals surface area contributed by atoms with Crippen molar-refractivity contribution in [1.29, 1.82) is 0 Å². The second kappa shape index (κ2) is 6.02. The van der Waals surface area contributed by atoms with Gasteiger partial charge in [0.05, 0.1) is 0 Å². The van der Waals surface area contributed by atoms with E-state index in [2.05, 4.69) is 16.9 Å². The number of pyridine rings is 1. The minimum Gasteiger partial charge on any atom is -0.367 e. The summed E-state index contributed by atoms with van der Waals surface area (Å²) in [6.45, 7) is 2.89. The van der Waals surface area contributed by atoms with Crippen LogP contribution < -0.4 is 5.43 Å². The predicted octanol–water partition coefficient (Wildman–Crippen LogP) is 0.789. The first-order valence-electron chi connectivity index (χ1n) is 6.69. The minimum atomic E-state index is -0.223. The van der Waals surface area contributed by atoms with Crippen LogP contribution in [0.1, 0.15) is 23.2 Å². The number of aromatic amines is 1. The predicted molar refractivity (Wildman–Crippen MR) is 74.2 cm³/mol. The third-order valence-electron chi connectivity index (χ3n) is 3.77. The van der Waals surface area contributed by atoms with E-state index in [1.807, 2.05) is 0 Å². The van der Waals surface area contributed by atoms with Crippen LogP contribution in [-0.4, -0.2) is 54.4 Å². The molecule has 0 unspecified atom stereocenters. The Morgan fingerprint density at radius 2 is 2.16 bits per heavy atom. The molecule has 5 nitrogen and oxygen atoms in total. The first-order chi connectivity index (χ1) is 9.08. The number of aromatic nitrogens is 1. The van der Waals surface area contributed by atoms with E-state index < -0.39 is 0 Å². The van der Waals surface area contributed by atoms with E-state index in [4.69, 9.17) is 0 Å². The van der Waals surface area contributed by atoms with Crippen LogP contribution in [0, 0.1) is 5.92 Å². The Balaban J connectivity index is 1.96. The molecule has 1 saturated heterocycles. The summed E-state index contributed by atoms with van der Waals surface area (Å²) < 4.78 is 0. The highest BCUT2D eigenvalue weighted by atomic mass is 16.2. The molecule has 0 atom stereocenters. The first-order valence-corrected chi connectivity index (χ1v) is 6.69. The fourth-order valence-electron chi connectivity index (χ4n) is 2.50. The molecule has 1 aliphatic heterocycles. The number of likely N-dealkylation sites (tertiary alicyclic amines) is 1. The van der Waals surface area contributed by atoms with Gasteiger partial charge < -0.3 is 14.8 Å². The van der Waals surface area contributed by atoms with Crippen molar-refractivity contribution in [1.82, 2.24) is 14.8 Å². The van der Waals surface area contributed by atoms with E-state index in [0.29, 0.717) is 5.92 Å². The molecule has 1 aliphatic rings. The summed E-state index contributed by atoms with van der Waals surface area (Å²) in [6.07, 6.45) is 5.24. The summed E-state index contributed by atoms with van der Waals surface area (Å²) >= 11 is 0. The molecule has 1 aromatic rings. The highest BCUT2D eigenvalue weighted by Crippen LogP contribution is 2.17. The van der Waals surface area contributed by atoms with Gasteiger partial charge in [0.1, 0.15) is 5.56 Å². The van der Waals surface area contributed by atoms with E-state index in [9.17, 15) is 9.59 Å². The molecule has 2 heterocycles. The molecule has 19 heavy (non-hydrogen) atoms. The van der Waals surface area contributed by atoms with Crippen LogP contribution in [0.15, 0.2) is 23.3 Å². The molecule has 1 aromatic heterocycles. The Bertz CT molecular complexity index is 489. The van der Waals surface area contributed by atoms with Crippen molar-refractivity contribution in [3.05, 3.63) is 34.2 Å². The Hall–Kier alpha value is -1.62. The number of carbonyl (C=O) groups excluding carboxylic acids is 1. The Kier molecular flexibility index (Phi) is 4.37. The van der Waals surface area contributed by atoms with Crippen molar-refractivity contribution in [2.45, 2.75) is 12.8 Å². The lowest BCUT2D eigenvalue weighted by atomic mass is 9.96. The molecule has 5 heteroatoms. The fourth-order valence-corrected chi connectivity index (χ4v) is 2.50. The third kappa shape index (κ3) is 3.44. The third-order valence-corrected chi connectivity index (χ3v) is 3.77. The molecule has 0 aliphatic carbocycles. The lowest BCUT2D eigenvalue weighted by Crippen LogP contribution is -2.39. The number of carbonyl (C=O) groups is 1. The van der Waals surface area contributed by atoms with Crippen LogP contribution in [0.5, 0.6) is 0 Å². The van der Waals surface area contributed by atoms with Crippen molar-refractivity contribution >= 4 is 5.91 Å². The molecule has 0 saturated carbocycles. The SMILES string of the molecule is CN1CCC(CN(C)C(=O)c2c[nH]ccc2=O)CC1. The van der Waals surface area contributed by atoms with Gasteiger partial charge in [0.15, 0.2) is 5.43 Å². The molecule has 0 spiro atoms. The van der Waals surface area contributed by atoms with Gasteiger partial charge in [-0.05, 0) is 38.9 Å².